The first-order valence-electron chi connectivity index (χ1n) is 4.85. The third-order valence-corrected chi connectivity index (χ3v) is 2.61. The van der Waals surface area contributed by atoms with Gasteiger partial charge in [-0.3, -0.25) is 9.59 Å². The van der Waals surface area contributed by atoms with Gasteiger partial charge in [-0.15, -0.1) is 0 Å². The number of halogens is 2. The van der Waals surface area contributed by atoms with E-state index in [1.165, 1.54) is 0 Å². The van der Waals surface area contributed by atoms with Crippen molar-refractivity contribution in [2.45, 2.75) is 18.8 Å². The fourth-order valence-corrected chi connectivity index (χ4v) is 1.62. The second-order valence-corrected chi connectivity index (χ2v) is 3.72. The first kappa shape index (κ1) is 13.8. The van der Waals surface area contributed by atoms with Gasteiger partial charge < -0.3 is 8.58 Å². The van der Waals surface area contributed by atoms with Gasteiger partial charge in [0.15, 0.2) is 0 Å². The Hall–Kier alpha value is -1.26. The molecule has 0 aromatic heterocycles. The third-order valence-electron chi connectivity index (χ3n) is 2.27. The quantitative estimate of drug-likeness (QED) is 0.830. The van der Waals surface area contributed by atoms with Gasteiger partial charge in [0.2, 0.25) is 0 Å². The zero-order valence-electron chi connectivity index (χ0n) is 8.77. The average Bonchev–Trinajstić information content (AvgIpc) is 2.38. The van der Waals surface area contributed by atoms with Gasteiger partial charge in [0.05, 0.1) is 12.8 Å². The molecule has 0 saturated heterocycles. The van der Waals surface area contributed by atoms with Crippen LogP contribution in [0.4, 0.5) is 0 Å². The lowest BCUT2D eigenvalue weighted by Gasteiger charge is -2.13. The van der Waals surface area contributed by atoms with Gasteiger partial charge in [0.1, 0.15) is 23.7 Å². The fraction of sp³-hybridized carbons (Fsp3) is 0.273. The maximum absolute atomic E-state index is 11.1. The molecule has 1 aromatic carbocycles. The van der Waals surface area contributed by atoms with E-state index in [9.17, 15) is 9.59 Å². The van der Waals surface area contributed by atoms with Crippen molar-refractivity contribution in [1.29, 1.82) is 0 Å². The standard InChI is InChI=1S/C11H10Cl2O4/c12-16-10(14)6-9(7-11(15)17-13)8-4-2-1-3-5-8/h1-5,9H,6-7H2. The van der Waals surface area contributed by atoms with Crippen LogP contribution in [-0.4, -0.2) is 11.9 Å². The zero-order chi connectivity index (χ0) is 12.7. The van der Waals surface area contributed by atoms with Gasteiger partial charge in [-0.05, 0) is 5.56 Å². The van der Waals surface area contributed by atoms with Crippen LogP contribution in [0.1, 0.15) is 24.3 Å². The number of carbonyl (C=O) groups is 2. The number of benzene rings is 1. The summed E-state index contributed by atoms with van der Waals surface area (Å²) in [6.07, 6.45) is -0.0288. The molecule has 6 heteroatoms. The van der Waals surface area contributed by atoms with Crippen molar-refractivity contribution < 1.29 is 18.2 Å². The van der Waals surface area contributed by atoms with Crippen LogP contribution < -0.4 is 0 Å². The molecule has 4 nitrogen and oxygen atoms in total. The van der Waals surface area contributed by atoms with E-state index < -0.39 is 11.9 Å². The fourth-order valence-electron chi connectivity index (χ4n) is 1.50. The van der Waals surface area contributed by atoms with E-state index >= 15 is 0 Å². The minimum Gasteiger partial charge on any atom is -0.348 e. The van der Waals surface area contributed by atoms with Gasteiger partial charge in [-0.25, -0.2) is 0 Å². The summed E-state index contributed by atoms with van der Waals surface area (Å²) in [6.45, 7) is 0. The predicted molar refractivity (Wildman–Crippen MR) is 62.3 cm³/mol. The SMILES string of the molecule is O=C(CC(CC(=O)OCl)c1ccccc1)OCl. The first-order valence-corrected chi connectivity index (χ1v) is 5.47. The Morgan fingerprint density at radius 2 is 1.47 bits per heavy atom. The van der Waals surface area contributed by atoms with E-state index in [2.05, 4.69) is 8.58 Å². The van der Waals surface area contributed by atoms with E-state index in [1.54, 1.807) is 24.3 Å². The van der Waals surface area contributed by atoms with Crippen LogP contribution in [0.15, 0.2) is 30.3 Å². The maximum Gasteiger partial charge on any atom is 0.325 e. The molecule has 0 bridgehead atoms. The summed E-state index contributed by atoms with van der Waals surface area (Å²) in [5.74, 6) is -1.58. The molecule has 1 rings (SSSR count). The molecule has 0 fully saturated rings. The van der Waals surface area contributed by atoms with E-state index in [1.807, 2.05) is 6.07 Å². The third kappa shape index (κ3) is 4.63. The van der Waals surface area contributed by atoms with Crippen molar-refractivity contribution in [3.63, 3.8) is 0 Å². The minimum absolute atomic E-state index is 0.0144. The highest BCUT2D eigenvalue weighted by atomic mass is 35.5. The molecule has 0 radical (unpaired) electrons. The lowest BCUT2D eigenvalue weighted by Crippen LogP contribution is -2.12. The highest BCUT2D eigenvalue weighted by molar-refractivity contribution is 6.13. The molecule has 92 valence electrons. The van der Waals surface area contributed by atoms with Crippen molar-refractivity contribution in [3.8, 4) is 0 Å². The summed E-state index contributed by atoms with van der Waals surface area (Å²) in [7, 11) is 0. The van der Waals surface area contributed by atoms with E-state index in [4.69, 9.17) is 23.7 Å². The summed E-state index contributed by atoms with van der Waals surface area (Å²) in [4.78, 5) is 22.3. The summed E-state index contributed by atoms with van der Waals surface area (Å²) < 4.78 is 8.13. The largest absolute Gasteiger partial charge is 0.348 e. The maximum atomic E-state index is 11.1. The molecule has 0 N–H and O–H groups in total. The number of hydrogen-bond acceptors (Lipinski definition) is 4. The van der Waals surface area contributed by atoms with Crippen molar-refractivity contribution in [1.82, 2.24) is 0 Å². The molecule has 1 aromatic rings. The van der Waals surface area contributed by atoms with E-state index in [-0.39, 0.29) is 18.8 Å². The molecule has 0 unspecified atom stereocenters. The Bertz CT molecular complexity index is 362. The lowest BCUT2D eigenvalue weighted by molar-refractivity contribution is -0.136. The van der Waals surface area contributed by atoms with Crippen LogP contribution in [0.3, 0.4) is 0 Å². The lowest BCUT2D eigenvalue weighted by atomic mass is 9.93. The summed E-state index contributed by atoms with van der Waals surface area (Å²) >= 11 is 9.92. The Kier molecular flexibility index (Phi) is 5.80. The van der Waals surface area contributed by atoms with Gasteiger partial charge in [-0.1, -0.05) is 30.3 Å². The normalized spacial score (nSPS) is 10.1. The molecular formula is C11H10Cl2O4. The van der Waals surface area contributed by atoms with Crippen LogP contribution in [-0.2, 0) is 18.2 Å². The highest BCUT2D eigenvalue weighted by Crippen LogP contribution is 2.24. The Morgan fingerprint density at radius 1 is 1.00 bits per heavy atom. The molecule has 0 atom stereocenters. The molecule has 0 aliphatic heterocycles. The molecule has 0 aliphatic carbocycles. The average molecular weight is 277 g/mol. The Morgan fingerprint density at radius 3 is 1.88 bits per heavy atom. The highest BCUT2D eigenvalue weighted by Gasteiger charge is 2.21. The van der Waals surface area contributed by atoms with Crippen LogP contribution >= 0.6 is 23.7 Å². The number of carbonyl (C=O) groups excluding carboxylic acids is 2. The van der Waals surface area contributed by atoms with Crippen LogP contribution in [0.25, 0.3) is 0 Å². The number of hydrogen-bond donors (Lipinski definition) is 0. The van der Waals surface area contributed by atoms with Crippen molar-refractivity contribution in [2.24, 2.45) is 0 Å². The van der Waals surface area contributed by atoms with Crippen molar-refractivity contribution >= 4 is 35.7 Å². The van der Waals surface area contributed by atoms with Gasteiger partial charge in [-0.2, -0.15) is 0 Å². The molecule has 17 heavy (non-hydrogen) atoms. The van der Waals surface area contributed by atoms with Crippen LogP contribution in [0, 0.1) is 0 Å². The van der Waals surface area contributed by atoms with Crippen molar-refractivity contribution in [3.05, 3.63) is 35.9 Å². The first-order chi connectivity index (χ1) is 8.17. The Balaban J connectivity index is 2.79. The van der Waals surface area contributed by atoms with Gasteiger partial charge >= 0.3 is 11.9 Å². The molecule has 0 heterocycles. The Labute approximate surface area is 109 Å². The smallest absolute Gasteiger partial charge is 0.325 e. The summed E-state index contributed by atoms with van der Waals surface area (Å²) in [5.41, 5.74) is 0.816. The molecular weight excluding hydrogens is 267 g/mol. The predicted octanol–water partition coefficient (Wildman–Crippen LogP) is 2.94. The molecule has 0 aliphatic rings. The van der Waals surface area contributed by atoms with E-state index in [0.717, 1.165) is 5.56 Å². The van der Waals surface area contributed by atoms with Gasteiger partial charge in [0, 0.05) is 5.92 Å². The zero-order valence-corrected chi connectivity index (χ0v) is 10.3. The molecule has 0 saturated carbocycles. The molecule has 0 amide bonds. The van der Waals surface area contributed by atoms with Crippen molar-refractivity contribution in [2.75, 3.05) is 0 Å². The topological polar surface area (TPSA) is 52.6 Å². The monoisotopic (exact) mass is 276 g/mol. The minimum atomic E-state index is -0.608. The van der Waals surface area contributed by atoms with Crippen LogP contribution in [0.2, 0.25) is 0 Å². The second kappa shape index (κ2) is 7.14. The second-order valence-electron chi connectivity index (χ2n) is 3.41. The van der Waals surface area contributed by atoms with Gasteiger partial charge in [0.25, 0.3) is 0 Å². The number of rotatable bonds is 5. The summed E-state index contributed by atoms with van der Waals surface area (Å²) in [6, 6.07) is 9.04. The summed E-state index contributed by atoms with van der Waals surface area (Å²) in [5, 5.41) is 0. The van der Waals surface area contributed by atoms with Crippen LogP contribution in [0.5, 0.6) is 0 Å². The molecule has 0 spiro atoms. The van der Waals surface area contributed by atoms with E-state index in [0.29, 0.717) is 0 Å².